The summed E-state index contributed by atoms with van der Waals surface area (Å²) in [6, 6.07) is 16.9. The van der Waals surface area contributed by atoms with Crippen molar-refractivity contribution in [1.82, 2.24) is 5.01 Å². The third-order valence-corrected chi connectivity index (χ3v) is 4.95. The van der Waals surface area contributed by atoms with Crippen LogP contribution >= 0.6 is 15.9 Å². The first-order chi connectivity index (χ1) is 11.3. The lowest BCUT2D eigenvalue weighted by molar-refractivity contribution is 0.0711. The lowest BCUT2D eigenvalue weighted by Gasteiger charge is -2.29. The predicted octanol–water partition coefficient (Wildman–Crippen LogP) is 4.20. The Hall–Kier alpha value is -1.65. The van der Waals surface area contributed by atoms with Gasteiger partial charge in [-0.2, -0.15) is 5.10 Å². The lowest BCUT2D eigenvalue weighted by atomic mass is 9.96. The molecule has 4 rings (SSSR count). The highest BCUT2D eigenvalue weighted by Crippen LogP contribution is 2.25. The quantitative estimate of drug-likeness (QED) is 0.808. The van der Waals surface area contributed by atoms with Crippen molar-refractivity contribution in [3.63, 3.8) is 0 Å². The van der Waals surface area contributed by atoms with E-state index in [0.717, 1.165) is 41.9 Å². The molecule has 2 aliphatic rings. The molecule has 0 spiro atoms. The lowest BCUT2D eigenvalue weighted by Crippen LogP contribution is -2.32. The summed E-state index contributed by atoms with van der Waals surface area (Å²) in [4.78, 5) is 0. The summed E-state index contributed by atoms with van der Waals surface area (Å²) in [5.74, 6) is 0. The molecular formula is C19H19BrN2O. The van der Waals surface area contributed by atoms with Gasteiger partial charge in [0, 0.05) is 22.2 Å². The fourth-order valence-corrected chi connectivity index (χ4v) is 3.53. The number of halogens is 1. The third kappa shape index (κ3) is 3.19. The first-order valence-corrected chi connectivity index (χ1v) is 8.88. The summed E-state index contributed by atoms with van der Waals surface area (Å²) in [5.41, 5.74) is 4.77. The first kappa shape index (κ1) is 14.9. The summed E-state index contributed by atoms with van der Waals surface area (Å²) in [7, 11) is 0. The minimum atomic E-state index is 0.315. The number of nitrogens with zero attached hydrogens (tertiary/aromatic N) is 2. The Balaban J connectivity index is 1.69. The Morgan fingerprint density at radius 2 is 1.96 bits per heavy atom. The zero-order valence-electron chi connectivity index (χ0n) is 12.9. The van der Waals surface area contributed by atoms with Crippen LogP contribution in [-0.4, -0.2) is 30.0 Å². The molecule has 2 heterocycles. The number of hydrogen-bond donors (Lipinski definition) is 0. The first-order valence-electron chi connectivity index (χ1n) is 8.09. The molecule has 2 aliphatic heterocycles. The zero-order chi connectivity index (χ0) is 15.6. The van der Waals surface area contributed by atoms with E-state index in [2.05, 4.69) is 69.5 Å². The van der Waals surface area contributed by atoms with Crippen molar-refractivity contribution in [2.24, 2.45) is 5.10 Å². The van der Waals surface area contributed by atoms with Gasteiger partial charge in [0.15, 0.2) is 0 Å². The Kier molecular flexibility index (Phi) is 4.19. The molecular weight excluding hydrogens is 352 g/mol. The minimum absolute atomic E-state index is 0.315. The number of hydrogen-bond acceptors (Lipinski definition) is 3. The topological polar surface area (TPSA) is 24.8 Å². The Labute approximate surface area is 145 Å². The van der Waals surface area contributed by atoms with Gasteiger partial charge in [-0.05, 0) is 30.5 Å². The van der Waals surface area contributed by atoms with E-state index >= 15 is 0 Å². The molecule has 1 saturated heterocycles. The second kappa shape index (κ2) is 6.46. The maximum Gasteiger partial charge on any atom is 0.0979 e. The SMILES string of the molecule is Brc1ccc(C2=NN(CC3CCCO3)Cc3ccccc32)cc1. The largest absolute Gasteiger partial charge is 0.376 e. The van der Waals surface area contributed by atoms with Gasteiger partial charge in [-0.3, -0.25) is 5.01 Å². The fourth-order valence-electron chi connectivity index (χ4n) is 3.27. The molecule has 0 aliphatic carbocycles. The van der Waals surface area contributed by atoms with Crippen LogP contribution in [0, 0.1) is 0 Å². The zero-order valence-corrected chi connectivity index (χ0v) is 14.5. The summed E-state index contributed by atoms with van der Waals surface area (Å²) in [5, 5.41) is 7.10. The van der Waals surface area contributed by atoms with Crippen LogP contribution in [-0.2, 0) is 11.3 Å². The molecule has 3 nitrogen and oxygen atoms in total. The summed E-state index contributed by atoms with van der Waals surface area (Å²) < 4.78 is 6.87. The van der Waals surface area contributed by atoms with Gasteiger partial charge in [-0.15, -0.1) is 0 Å². The van der Waals surface area contributed by atoms with Gasteiger partial charge in [0.05, 0.1) is 24.9 Å². The van der Waals surface area contributed by atoms with Crippen molar-refractivity contribution in [1.29, 1.82) is 0 Å². The number of fused-ring (bicyclic) bond motifs is 1. The molecule has 0 aromatic heterocycles. The van der Waals surface area contributed by atoms with Crippen LogP contribution in [0.2, 0.25) is 0 Å². The Morgan fingerprint density at radius 3 is 2.74 bits per heavy atom. The summed E-state index contributed by atoms with van der Waals surface area (Å²) in [6.45, 7) is 2.61. The molecule has 0 N–H and O–H groups in total. The standard InChI is InChI=1S/C19H19BrN2O/c20-16-9-7-14(8-10-16)19-18-6-2-1-4-15(18)12-22(21-19)13-17-5-3-11-23-17/h1-2,4,6-10,17H,3,5,11-13H2. The smallest absolute Gasteiger partial charge is 0.0979 e. The van der Waals surface area contributed by atoms with Crippen LogP contribution in [0.3, 0.4) is 0 Å². The molecule has 118 valence electrons. The van der Waals surface area contributed by atoms with Crippen molar-refractivity contribution in [2.75, 3.05) is 13.2 Å². The summed E-state index contributed by atoms with van der Waals surface area (Å²) in [6.07, 6.45) is 2.62. The minimum Gasteiger partial charge on any atom is -0.376 e. The highest BCUT2D eigenvalue weighted by Gasteiger charge is 2.24. The van der Waals surface area contributed by atoms with Gasteiger partial charge >= 0.3 is 0 Å². The van der Waals surface area contributed by atoms with Crippen molar-refractivity contribution in [3.05, 3.63) is 69.7 Å². The molecule has 0 bridgehead atoms. The molecule has 0 amide bonds. The average molecular weight is 371 g/mol. The number of rotatable bonds is 3. The van der Waals surface area contributed by atoms with Crippen LogP contribution < -0.4 is 0 Å². The molecule has 2 aromatic rings. The predicted molar refractivity (Wildman–Crippen MR) is 95.6 cm³/mol. The van der Waals surface area contributed by atoms with Gasteiger partial charge in [0.1, 0.15) is 0 Å². The molecule has 0 saturated carbocycles. The molecule has 1 fully saturated rings. The van der Waals surface area contributed by atoms with Crippen LogP contribution in [0.15, 0.2) is 58.1 Å². The third-order valence-electron chi connectivity index (χ3n) is 4.42. The van der Waals surface area contributed by atoms with Crippen LogP contribution in [0.5, 0.6) is 0 Å². The van der Waals surface area contributed by atoms with Gasteiger partial charge in [-0.25, -0.2) is 0 Å². The van der Waals surface area contributed by atoms with E-state index in [9.17, 15) is 0 Å². The molecule has 1 atom stereocenters. The Morgan fingerprint density at radius 1 is 1.13 bits per heavy atom. The van der Waals surface area contributed by atoms with E-state index in [0.29, 0.717) is 6.10 Å². The fraction of sp³-hybridized carbons (Fsp3) is 0.316. The molecule has 0 radical (unpaired) electrons. The van der Waals surface area contributed by atoms with Crippen molar-refractivity contribution >= 4 is 21.6 Å². The van der Waals surface area contributed by atoms with Crippen LogP contribution in [0.25, 0.3) is 0 Å². The van der Waals surface area contributed by atoms with Gasteiger partial charge in [0.25, 0.3) is 0 Å². The number of hydrazone groups is 1. The van der Waals surface area contributed by atoms with Crippen molar-refractivity contribution in [3.8, 4) is 0 Å². The van der Waals surface area contributed by atoms with E-state index in [4.69, 9.17) is 9.84 Å². The molecule has 2 aromatic carbocycles. The van der Waals surface area contributed by atoms with E-state index in [1.54, 1.807) is 0 Å². The second-order valence-electron chi connectivity index (χ2n) is 6.09. The normalized spacial score (nSPS) is 20.3. The molecule has 1 unspecified atom stereocenters. The maximum atomic E-state index is 5.78. The monoisotopic (exact) mass is 370 g/mol. The van der Waals surface area contributed by atoms with E-state index < -0.39 is 0 Å². The van der Waals surface area contributed by atoms with Crippen molar-refractivity contribution < 1.29 is 4.74 Å². The highest BCUT2D eigenvalue weighted by atomic mass is 79.9. The number of benzene rings is 2. The highest BCUT2D eigenvalue weighted by molar-refractivity contribution is 9.10. The molecule has 23 heavy (non-hydrogen) atoms. The van der Waals surface area contributed by atoms with Gasteiger partial charge in [-0.1, -0.05) is 52.3 Å². The Bertz CT molecular complexity index is 720. The van der Waals surface area contributed by atoms with Gasteiger partial charge in [0.2, 0.25) is 0 Å². The second-order valence-corrected chi connectivity index (χ2v) is 7.01. The maximum absolute atomic E-state index is 5.78. The van der Waals surface area contributed by atoms with Crippen molar-refractivity contribution in [2.45, 2.75) is 25.5 Å². The number of ether oxygens (including phenoxy) is 1. The van der Waals surface area contributed by atoms with E-state index in [1.807, 2.05) is 0 Å². The van der Waals surface area contributed by atoms with E-state index in [1.165, 1.54) is 17.5 Å². The van der Waals surface area contributed by atoms with E-state index in [-0.39, 0.29) is 0 Å². The van der Waals surface area contributed by atoms with Crippen LogP contribution in [0.4, 0.5) is 0 Å². The molecule has 4 heteroatoms. The van der Waals surface area contributed by atoms with Crippen LogP contribution in [0.1, 0.15) is 29.5 Å². The average Bonchev–Trinajstić information content (AvgIpc) is 3.08. The van der Waals surface area contributed by atoms with Gasteiger partial charge < -0.3 is 4.74 Å². The summed E-state index contributed by atoms with van der Waals surface area (Å²) >= 11 is 3.50.